The zero-order valence-corrected chi connectivity index (χ0v) is 15.0. The highest BCUT2D eigenvalue weighted by atomic mass is 16.6. The molecule has 0 spiro atoms. The topological polar surface area (TPSA) is 21.8 Å². The van der Waals surface area contributed by atoms with Crippen LogP contribution in [0.1, 0.15) is 91.9 Å². The van der Waals surface area contributed by atoms with Crippen LogP contribution in [-0.4, -0.2) is 24.9 Å². The number of rotatable bonds is 14. The summed E-state index contributed by atoms with van der Waals surface area (Å²) in [5.74, 6) is 0.826. The summed E-state index contributed by atoms with van der Waals surface area (Å²) in [6, 6.07) is 0. The lowest BCUT2D eigenvalue weighted by Gasteiger charge is -2.36. The van der Waals surface area contributed by atoms with Crippen LogP contribution in [0.15, 0.2) is 0 Å². The Labute approximate surface area is 133 Å². The highest BCUT2D eigenvalue weighted by Gasteiger charge is 2.34. The summed E-state index contributed by atoms with van der Waals surface area (Å²) in [6.07, 6.45) is 13.3. The summed E-state index contributed by atoms with van der Waals surface area (Å²) in [5, 5.41) is 0. The predicted molar refractivity (Wildman–Crippen MR) is 90.8 cm³/mol. The lowest BCUT2D eigenvalue weighted by atomic mass is 9.81. The fraction of sp³-hybridized carbons (Fsp3) is 1.00. The van der Waals surface area contributed by atoms with Crippen LogP contribution in [0, 0.1) is 5.92 Å². The molecular formula is C19H38O2. The van der Waals surface area contributed by atoms with Gasteiger partial charge in [-0.2, -0.15) is 0 Å². The molecule has 21 heavy (non-hydrogen) atoms. The van der Waals surface area contributed by atoms with E-state index in [0.29, 0.717) is 6.10 Å². The maximum atomic E-state index is 6.44. The lowest BCUT2D eigenvalue weighted by Crippen LogP contribution is -2.36. The summed E-state index contributed by atoms with van der Waals surface area (Å²) >= 11 is 0. The van der Waals surface area contributed by atoms with Gasteiger partial charge in [0, 0.05) is 0 Å². The van der Waals surface area contributed by atoms with Gasteiger partial charge in [0.1, 0.15) is 6.10 Å². The van der Waals surface area contributed by atoms with Crippen molar-refractivity contribution in [1.82, 2.24) is 0 Å². The van der Waals surface area contributed by atoms with Crippen molar-refractivity contribution in [1.29, 1.82) is 0 Å². The van der Waals surface area contributed by atoms with E-state index in [9.17, 15) is 0 Å². The molecule has 0 saturated carbocycles. The molecule has 1 saturated heterocycles. The van der Waals surface area contributed by atoms with Crippen molar-refractivity contribution in [3.05, 3.63) is 0 Å². The SMILES string of the molecule is CCCCCC(CC)(CC(CC)CCCC)OCC1CO1. The molecule has 0 aliphatic carbocycles. The van der Waals surface area contributed by atoms with Crippen molar-refractivity contribution in [2.24, 2.45) is 5.92 Å². The number of ether oxygens (including phenoxy) is 2. The maximum absolute atomic E-state index is 6.44. The summed E-state index contributed by atoms with van der Waals surface area (Å²) < 4.78 is 11.8. The third-order valence-corrected chi connectivity index (χ3v) is 5.06. The Hall–Kier alpha value is -0.0800. The zero-order chi connectivity index (χ0) is 15.6. The molecule has 1 rings (SSSR count). The first-order valence-electron chi connectivity index (χ1n) is 9.45. The largest absolute Gasteiger partial charge is 0.372 e. The summed E-state index contributed by atoms with van der Waals surface area (Å²) in [6.45, 7) is 10.9. The van der Waals surface area contributed by atoms with Gasteiger partial charge in [0.05, 0.1) is 18.8 Å². The Balaban J connectivity index is 2.56. The minimum atomic E-state index is 0.107. The fourth-order valence-electron chi connectivity index (χ4n) is 3.26. The molecule has 0 aromatic heterocycles. The Kier molecular flexibility index (Phi) is 9.59. The molecule has 1 heterocycles. The van der Waals surface area contributed by atoms with Gasteiger partial charge >= 0.3 is 0 Å². The van der Waals surface area contributed by atoms with Crippen LogP contribution in [0.3, 0.4) is 0 Å². The van der Waals surface area contributed by atoms with Crippen LogP contribution < -0.4 is 0 Å². The van der Waals surface area contributed by atoms with Crippen LogP contribution >= 0.6 is 0 Å². The Bertz CT molecular complexity index is 250. The lowest BCUT2D eigenvalue weighted by molar-refractivity contribution is -0.0774. The molecule has 1 aliphatic heterocycles. The molecule has 3 atom stereocenters. The van der Waals surface area contributed by atoms with E-state index in [1.807, 2.05) is 0 Å². The average molecular weight is 299 g/mol. The second kappa shape index (κ2) is 10.6. The first-order chi connectivity index (χ1) is 10.2. The van der Waals surface area contributed by atoms with Crippen LogP contribution in [0.2, 0.25) is 0 Å². The standard InChI is InChI=1S/C19H38O2/c1-5-9-11-13-19(8-4,21-16-18-15-20-18)14-17(7-3)12-10-6-2/h17-18H,5-16H2,1-4H3. The normalized spacial score (nSPS) is 22.0. The highest BCUT2D eigenvalue weighted by molar-refractivity contribution is 4.84. The number of hydrogen-bond acceptors (Lipinski definition) is 2. The molecule has 0 amide bonds. The van der Waals surface area contributed by atoms with E-state index < -0.39 is 0 Å². The van der Waals surface area contributed by atoms with E-state index in [0.717, 1.165) is 25.6 Å². The molecular weight excluding hydrogens is 260 g/mol. The predicted octanol–water partition coefficient (Wildman–Crippen LogP) is 5.74. The second-order valence-corrected chi connectivity index (χ2v) is 6.88. The molecule has 0 bridgehead atoms. The van der Waals surface area contributed by atoms with Crippen molar-refractivity contribution in [3.8, 4) is 0 Å². The summed E-state index contributed by atoms with van der Waals surface area (Å²) in [7, 11) is 0. The quantitative estimate of drug-likeness (QED) is 0.301. The van der Waals surface area contributed by atoms with Crippen LogP contribution in [0.5, 0.6) is 0 Å². The van der Waals surface area contributed by atoms with Gasteiger partial charge in [0.25, 0.3) is 0 Å². The maximum Gasteiger partial charge on any atom is 0.104 e. The summed E-state index contributed by atoms with van der Waals surface area (Å²) in [4.78, 5) is 0. The zero-order valence-electron chi connectivity index (χ0n) is 15.0. The van der Waals surface area contributed by atoms with E-state index in [1.54, 1.807) is 0 Å². The molecule has 3 unspecified atom stereocenters. The van der Waals surface area contributed by atoms with Gasteiger partial charge in [0.15, 0.2) is 0 Å². The first-order valence-corrected chi connectivity index (χ1v) is 9.45. The first kappa shape index (κ1) is 19.0. The van der Waals surface area contributed by atoms with Gasteiger partial charge in [-0.05, 0) is 25.2 Å². The van der Waals surface area contributed by atoms with Gasteiger partial charge in [-0.1, -0.05) is 72.6 Å². The van der Waals surface area contributed by atoms with Gasteiger partial charge < -0.3 is 9.47 Å². The number of unbranched alkanes of at least 4 members (excludes halogenated alkanes) is 3. The van der Waals surface area contributed by atoms with Crippen molar-refractivity contribution >= 4 is 0 Å². The van der Waals surface area contributed by atoms with E-state index in [4.69, 9.17) is 9.47 Å². The Morgan fingerprint density at radius 2 is 1.81 bits per heavy atom. The van der Waals surface area contributed by atoms with Crippen molar-refractivity contribution in [2.75, 3.05) is 13.2 Å². The fourth-order valence-corrected chi connectivity index (χ4v) is 3.26. The molecule has 1 aliphatic rings. The molecule has 0 aromatic rings. The van der Waals surface area contributed by atoms with Gasteiger partial charge in [-0.25, -0.2) is 0 Å². The molecule has 1 fully saturated rings. The van der Waals surface area contributed by atoms with Crippen molar-refractivity contribution in [2.45, 2.75) is 104 Å². The second-order valence-electron chi connectivity index (χ2n) is 6.88. The van der Waals surface area contributed by atoms with Crippen molar-refractivity contribution in [3.63, 3.8) is 0 Å². The van der Waals surface area contributed by atoms with Gasteiger partial charge in [-0.15, -0.1) is 0 Å². The monoisotopic (exact) mass is 298 g/mol. The molecule has 0 aromatic carbocycles. The minimum absolute atomic E-state index is 0.107. The number of hydrogen-bond donors (Lipinski definition) is 0. The van der Waals surface area contributed by atoms with Crippen LogP contribution in [0.25, 0.3) is 0 Å². The third-order valence-electron chi connectivity index (χ3n) is 5.06. The Morgan fingerprint density at radius 3 is 2.33 bits per heavy atom. The molecule has 2 nitrogen and oxygen atoms in total. The van der Waals surface area contributed by atoms with Crippen LogP contribution in [0.4, 0.5) is 0 Å². The van der Waals surface area contributed by atoms with E-state index in [-0.39, 0.29) is 5.60 Å². The molecule has 0 radical (unpaired) electrons. The molecule has 0 N–H and O–H groups in total. The van der Waals surface area contributed by atoms with E-state index in [2.05, 4.69) is 27.7 Å². The molecule has 2 heteroatoms. The van der Waals surface area contributed by atoms with E-state index in [1.165, 1.54) is 57.8 Å². The minimum Gasteiger partial charge on any atom is -0.372 e. The average Bonchev–Trinajstić information content (AvgIpc) is 3.33. The van der Waals surface area contributed by atoms with Gasteiger partial charge in [0.2, 0.25) is 0 Å². The highest BCUT2D eigenvalue weighted by Crippen LogP contribution is 2.35. The van der Waals surface area contributed by atoms with Gasteiger partial charge in [-0.3, -0.25) is 0 Å². The van der Waals surface area contributed by atoms with Crippen LogP contribution in [-0.2, 0) is 9.47 Å². The third kappa shape index (κ3) is 7.65. The van der Waals surface area contributed by atoms with E-state index >= 15 is 0 Å². The number of epoxide rings is 1. The summed E-state index contributed by atoms with van der Waals surface area (Å²) in [5.41, 5.74) is 0.107. The Morgan fingerprint density at radius 1 is 1.10 bits per heavy atom. The molecule has 126 valence electrons. The smallest absolute Gasteiger partial charge is 0.104 e. The van der Waals surface area contributed by atoms with Crippen molar-refractivity contribution < 1.29 is 9.47 Å².